The van der Waals surface area contributed by atoms with Crippen LogP contribution in [0, 0.1) is 5.82 Å². The van der Waals surface area contributed by atoms with Crippen molar-refractivity contribution in [1.29, 1.82) is 0 Å². The van der Waals surface area contributed by atoms with E-state index < -0.39 is 11.7 Å². The first-order valence-corrected chi connectivity index (χ1v) is 5.76. The van der Waals surface area contributed by atoms with Crippen LogP contribution in [0.4, 0.5) is 4.39 Å². The Morgan fingerprint density at radius 3 is 2.82 bits per heavy atom. The van der Waals surface area contributed by atoms with Gasteiger partial charge in [0, 0.05) is 11.6 Å². The number of carbonyl (C=O) groups excluding carboxylic acids is 1. The Hall–Kier alpha value is -1.13. The lowest BCUT2D eigenvalue weighted by atomic mass is 10.2. The van der Waals surface area contributed by atoms with Crippen molar-refractivity contribution in [2.24, 2.45) is 0 Å². The minimum atomic E-state index is -0.556. The van der Waals surface area contributed by atoms with E-state index in [0.717, 1.165) is 13.0 Å². The molecule has 1 N–H and O–H groups in total. The average Bonchev–Trinajstić information content (AvgIpc) is 2.27. The fourth-order valence-electron chi connectivity index (χ4n) is 1.36. The Labute approximate surface area is 106 Å². The van der Waals surface area contributed by atoms with Gasteiger partial charge in [0.25, 0.3) is 5.91 Å². The van der Waals surface area contributed by atoms with Gasteiger partial charge >= 0.3 is 0 Å². The van der Waals surface area contributed by atoms with Gasteiger partial charge in [-0.05, 0) is 45.3 Å². The zero-order chi connectivity index (χ0) is 12.8. The molecule has 0 bridgehead atoms. The molecule has 0 aliphatic heterocycles. The number of rotatable bonds is 5. The summed E-state index contributed by atoms with van der Waals surface area (Å²) in [7, 11) is 3.91. The number of nitrogens with zero attached hydrogens (tertiary/aromatic N) is 1. The van der Waals surface area contributed by atoms with Gasteiger partial charge in [0.1, 0.15) is 5.82 Å². The Kier molecular flexibility index (Phi) is 5.38. The lowest BCUT2D eigenvalue weighted by Crippen LogP contribution is -2.27. The molecule has 3 nitrogen and oxygen atoms in total. The van der Waals surface area contributed by atoms with Crippen molar-refractivity contribution in [3.63, 3.8) is 0 Å². The molecule has 0 fully saturated rings. The van der Waals surface area contributed by atoms with Gasteiger partial charge in [-0.15, -0.1) is 0 Å². The van der Waals surface area contributed by atoms with Crippen LogP contribution in [0.1, 0.15) is 16.8 Å². The van der Waals surface area contributed by atoms with Gasteiger partial charge in [0.15, 0.2) is 0 Å². The van der Waals surface area contributed by atoms with Crippen LogP contribution in [0.3, 0.4) is 0 Å². The Balaban J connectivity index is 2.49. The fourth-order valence-corrected chi connectivity index (χ4v) is 1.54. The van der Waals surface area contributed by atoms with E-state index in [2.05, 4.69) is 5.32 Å². The number of nitrogens with one attached hydrogen (secondary N) is 1. The molecule has 17 heavy (non-hydrogen) atoms. The lowest BCUT2D eigenvalue weighted by molar-refractivity contribution is 0.0948. The van der Waals surface area contributed by atoms with Crippen LogP contribution in [0.2, 0.25) is 5.02 Å². The molecule has 94 valence electrons. The highest BCUT2D eigenvalue weighted by Crippen LogP contribution is 2.14. The number of hydrogen-bond acceptors (Lipinski definition) is 2. The molecular formula is C12H16ClFN2O. The Morgan fingerprint density at radius 2 is 2.18 bits per heavy atom. The fraction of sp³-hybridized carbons (Fsp3) is 0.417. The van der Waals surface area contributed by atoms with E-state index >= 15 is 0 Å². The second-order valence-corrected chi connectivity index (χ2v) is 4.47. The van der Waals surface area contributed by atoms with E-state index in [0.29, 0.717) is 11.6 Å². The lowest BCUT2D eigenvalue weighted by Gasteiger charge is -2.10. The monoisotopic (exact) mass is 258 g/mol. The molecular weight excluding hydrogens is 243 g/mol. The first-order chi connectivity index (χ1) is 8.00. The largest absolute Gasteiger partial charge is 0.352 e. The van der Waals surface area contributed by atoms with E-state index in [4.69, 9.17) is 11.6 Å². The van der Waals surface area contributed by atoms with Gasteiger partial charge in [-0.2, -0.15) is 0 Å². The summed E-state index contributed by atoms with van der Waals surface area (Å²) in [5, 5.41) is 3.01. The SMILES string of the molecule is CN(C)CCCNC(=O)c1cc(Cl)ccc1F. The number of amides is 1. The molecule has 0 saturated heterocycles. The average molecular weight is 259 g/mol. The van der Waals surface area contributed by atoms with Crippen LogP contribution in [0.15, 0.2) is 18.2 Å². The van der Waals surface area contributed by atoms with Crippen LogP contribution in [0.25, 0.3) is 0 Å². The predicted molar refractivity (Wildman–Crippen MR) is 66.9 cm³/mol. The summed E-state index contributed by atoms with van der Waals surface area (Å²) in [6.07, 6.45) is 0.820. The van der Waals surface area contributed by atoms with Crippen LogP contribution in [-0.4, -0.2) is 38.0 Å². The summed E-state index contributed by atoms with van der Waals surface area (Å²) in [6, 6.07) is 3.94. The molecule has 0 atom stereocenters. The predicted octanol–water partition coefficient (Wildman–Crippen LogP) is 2.16. The summed E-state index contributed by atoms with van der Waals surface area (Å²) < 4.78 is 13.3. The van der Waals surface area contributed by atoms with Crippen molar-refractivity contribution in [3.05, 3.63) is 34.6 Å². The first-order valence-electron chi connectivity index (χ1n) is 5.38. The van der Waals surface area contributed by atoms with Crippen molar-refractivity contribution >= 4 is 17.5 Å². The molecule has 0 unspecified atom stereocenters. The topological polar surface area (TPSA) is 32.3 Å². The number of carbonyl (C=O) groups is 1. The summed E-state index contributed by atoms with van der Waals surface area (Å²) in [4.78, 5) is 13.7. The maximum absolute atomic E-state index is 13.3. The van der Waals surface area contributed by atoms with Crippen LogP contribution >= 0.6 is 11.6 Å². The van der Waals surface area contributed by atoms with E-state index in [1.807, 2.05) is 19.0 Å². The molecule has 0 aliphatic rings. The van der Waals surface area contributed by atoms with Crippen LogP contribution < -0.4 is 5.32 Å². The van der Waals surface area contributed by atoms with E-state index in [1.54, 1.807) is 0 Å². The van der Waals surface area contributed by atoms with Gasteiger partial charge in [-0.1, -0.05) is 11.6 Å². The zero-order valence-electron chi connectivity index (χ0n) is 9.96. The third-order valence-electron chi connectivity index (χ3n) is 2.24. The van der Waals surface area contributed by atoms with Crippen molar-refractivity contribution in [1.82, 2.24) is 10.2 Å². The molecule has 1 rings (SSSR count). The van der Waals surface area contributed by atoms with Crippen molar-refractivity contribution in [2.75, 3.05) is 27.2 Å². The second kappa shape index (κ2) is 6.57. The molecule has 1 amide bonds. The Bertz CT molecular complexity index is 396. The smallest absolute Gasteiger partial charge is 0.254 e. The maximum Gasteiger partial charge on any atom is 0.254 e. The summed E-state index contributed by atoms with van der Waals surface area (Å²) in [5.41, 5.74) is -0.0117. The van der Waals surface area contributed by atoms with Crippen LogP contribution in [-0.2, 0) is 0 Å². The van der Waals surface area contributed by atoms with Gasteiger partial charge in [0.2, 0.25) is 0 Å². The van der Waals surface area contributed by atoms with E-state index in [9.17, 15) is 9.18 Å². The number of halogens is 2. The van der Waals surface area contributed by atoms with E-state index in [1.165, 1.54) is 18.2 Å². The molecule has 1 aromatic carbocycles. The van der Waals surface area contributed by atoms with Gasteiger partial charge in [-0.3, -0.25) is 4.79 Å². The quantitative estimate of drug-likeness (QED) is 0.821. The standard InChI is InChI=1S/C12H16ClFN2O/c1-16(2)7-3-6-15-12(17)10-8-9(13)4-5-11(10)14/h4-5,8H,3,6-7H2,1-2H3,(H,15,17). The molecule has 1 aromatic rings. The molecule has 0 saturated carbocycles. The van der Waals surface area contributed by atoms with Gasteiger partial charge < -0.3 is 10.2 Å². The molecule has 0 radical (unpaired) electrons. The summed E-state index contributed by atoms with van der Waals surface area (Å²) in [5.74, 6) is -0.983. The van der Waals surface area contributed by atoms with Crippen LogP contribution in [0.5, 0.6) is 0 Å². The van der Waals surface area contributed by atoms with Gasteiger partial charge in [-0.25, -0.2) is 4.39 Å². The second-order valence-electron chi connectivity index (χ2n) is 4.04. The molecule has 0 aromatic heterocycles. The maximum atomic E-state index is 13.3. The van der Waals surface area contributed by atoms with Crippen molar-refractivity contribution in [3.8, 4) is 0 Å². The normalized spacial score (nSPS) is 10.6. The molecule has 0 heterocycles. The van der Waals surface area contributed by atoms with Crippen molar-refractivity contribution in [2.45, 2.75) is 6.42 Å². The van der Waals surface area contributed by atoms with Crippen molar-refractivity contribution < 1.29 is 9.18 Å². The number of hydrogen-bond donors (Lipinski definition) is 1. The highest BCUT2D eigenvalue weighted by atomic mass is 35.5. The first kappa shape index (κ1) is 13.9. The zero-order valence-corrected chi connectivity index (χ0v) is 10.7. The minimum absolute atomic E-state index is 0.0117. The third-order valence-corrected chi connectivity index (χ3v) is 2.48. The minimum Gasteiger partial charge on any atom is -0.352 e. The van der Waals surface area contributed by atoms with E-state index in [-0.39, 0.29) is 5.56 Å². The summed E-state index contributed by atoms with van der Waals surface area (Å²) in [6.45, 7) is 1.39. The Morgan fingerprint density at radius 1 is 1.47 bits per heavy atom. The third kappa shape index (κ3) is 4.71. The van der Waals surface area contributed by atoms with Gasteiger partial charge in [0.05, 0.1) is 5.56 Å². The number of benzene rings is 1. The summed E-state index contributed by atoms with van der Waals surface area (Å²) >= 11 is 5.71. The highest BCUT2D eigenvalue weighted by molar-refractivity contribution is 6.30. The molecule has 5 heteroatoms. The highest BCUT2D eigenvalue weighted by Gasteiger charge is 2.11. The molecule has 0 spiro atoms. The molecule has 0 aliphatic carbocycles.